The van der Waals surface area contributed by atoms with Crippen LogP contribution in [0.5, 0.6) is 17.2 Å². The summed E-state index contributed by atoms with van der Waals surface area (Å²) in [5, 5.41) is 4.03. The topological polar surface area (TPSA) is 75.8 Å². The molecule has 0 unspecified atom stereocenters. The molecule has 0 radical (unpaired) electrons. The SMILES string of the molecule is COc1ccc(NC(=O)N2CCc3c([nH]c4ccc(OC)cc34)[C@@H]2c2ccc(F)cc2)c(OC)c1. The summed E-state index contributed by atoms with van der Waals surface area (Å²) in [5.74, 6) is 1.56. The molecule has 8 heteroatoms. The Bertz CT molecular complexity index is 1380. The monoisotopic (exact) mass is 475 g/mol. The molecule has 3 aromatic carbocycles. The maximum absolute atomic E-state index is 13.8. The third kappa shape index (κ3) is 4.12. The predicted octanol–water partition coefficient (Wildman–Crippen LogP) is 5.51. The normalized spacial score (nSPS) is 15.0. The lowest BCUT2D eigenvalue weighted by atomic mass is 9.92. The third-order valence-corrected chi connectivity index (χ3v) is 6.43. The largest absolute Gasteiger partial charge is 0.497 e. The molecule has 35 heavy (non-hydrogen) atoms. The molecule has 1 aromatic heterocycles. The Morgan fingerprint density at radius 3 is 2.40 bits per heavy atom. The molecule has 2 heterocycles. The van der Waals surface area contributed by atoms with Gasteiger partial charge in [-0.05, 0) is 60.0 Å². The van der Waals surface area contributed by atoms with E-state index in [1.54, 1.807) is 49.5 Å². The van der Waals surface area contributed by atoms with Crippen molar-refractivity contribution in [2.24, 2.45) is 0 Å². The van der Waals surface area contributed by atoms with Crippen LogP contribution in [0.4, 0.5) is 14.9 Å². The lowest BCUT2D eigenvalue weighted by Crippen LogP contribution is -2.43. The van der Waals surface area contributed by atoms with Gasteiger partial charge in [0.05, 0.1) is 33.1 Å². The highest BCUT2D eigenvalue weighted by molar-refractivity contribution is 5.93. The first-order valence-corrected chi connectivity index (χ1v) is 11.3. The van der Waals surface area contributed by atoms with Crippen molar-refractivity contribution in [2.75, 3.05) is 33.2 Å². The highest BCUT2D eigenvalue weighted by Gasteiger charge is 2.35. The van der Waals surface area contributed by atoms with E-state index in [2.05, 4.69) is 10.3 Å². The van der Waals surface area contributed by atoms with Crippen molar-refractivity contribution < 1.29 is 23.4 Å². The summed E-state index contributed by atoms with van der Waals surface area (Å²) in [7, 11) is 4.75. The van der Waals surface area contributed by atoms with Gasteiger partial charge in [0, 0.05) is 29.2 Å². The molecular weight excluding hydrogens is 449 g/mol. The Hall–Kier alpha value is -4.20. The van der Waals surface area contributed by atoms with Gasteiger partial charge in [-0.2, -0.15) is 0 Å². The van der Waals surface area contributed by atoms with E-state index in [0.29, 0.717) is 30.2 Å². The number of fused-ring (bicyclic) bond motifs is 3. The summed E-state index contributed by atoms with van der Waals surface area (Å²) in [6.45, 7) is 0.476. The molecule has 4 aromatic rings. The molecule has 0 fully saturated rings. The number of nitrogens with zero attached hydrogens (tertiary/aromatic N) is 1. The number of carbonyl (C=O) groups excluding carboxylic acids is 1. The average molecular weight is 476 g/mol. The van der Waals surface area contributed by atoms with Crippen molar-refractivity contribution in [3.05, 3.63) is 83.3 Å². The molecule has 0 bridgehead atoms. The maximum Gasteiger partial charge on any atom is 0.322 e. The molecule has 0 saturated carbocycles. The first kappa shape index (κ1) is 22.6. The number of H-pyrrole nitrogens is 1. The molecule has 1 aliphatic heterocycles. The van der Waals surface area contributed by atoms with E-state index in [9.17, 15) is 9.18 Å². The number of hydrogen-bond acceptors (Lipinski definition) is 4. The van der Waals surface area contributed by atoms with Crippen LogP contribution in [0, 0.1) is 5.82 Å². The van der Waals surface area contributed by atoms with Gasteiger partial charge in [-0.3, -0.25) is 0 Å². The molecule has 2 amide bonds. The van der Waals surface area contributed by atoms with Gasteiger partial charge < -0.3 is 29.4 Å². The second-order valence-electron chi connectivity index (χ2n) is 8.32. The number of anilines is 1. The number of nitrogens with one attached hydrogen (secondary N) is 2. The zero-order valence-corrected chi connectivity index (χ0v) is 19.7. The van der Waals surface area contributed by atoms with E-state index in [0.717, 1.165) is 33.5 Å². The van der Waals surface area contributed by atoms with E-state index in [4.69, 9.17) is 14.2 Å². The Balaban J connectivity index is 1.56. The summed E-state index contributed by atoms with van der Waals surface area (Å²) < 4.78 is 29.9. The van der Waals surface area contributed by atoms with Crippen molar-refractivity contribution in [3.63, 3.8) is 0 Å². The van der Waals surface area contributed by atoms with Crippen LogP contribution in [0.2, 0.25) is 0 Å². The first-order valence-electron chi connectivity index (χ1n) is 11.3. The van der Waals surface area contributed by atoms with E-state index in [-0.39, 0.29) is 11.8 Å². The fraction of sp³-hybridized carbons (Fsp3) is 0.222. The Labute approximate surface area is 202 Å². The zero-order chi connectivity index (χ0) is 24.5. The van der Waals surface area contributed by atoms with Crippen LogP contribution in [0.1, 0.15) is 22.9 Å². The van der Waals surface area contributed by atoms with E-state index in [1.165, 1.54) is 19.2 Å². The molecule has 0 spiro atoms. The number of aromatic nitrogens is 1. The zero-order valence-electron chi connectivity index (χ0n) is 19.7. The quantitative estimate of drug-likeness (QED) is 0.399. The summed E-state index contributed by atoms with van der Waals surface area (Å²) in [4.78, 5) is 18.8. The van der Waals surface area contributed by atoms with Gasteiger partial charge in [-0.1, -0.05) is 12.1 Å². The third-order valence-electron chi connectivity index (χ3n) is 6.43. The van der Waals surface area contributed by atoms with Crippen molar-refractivity contribution in [1.82, 2.24) is 9.88 Å². The van der Waals surface area contributed by atoms with Gasteiger partial charge >= 0.3 is 6.03 Å². The van der Waals surface area contributed by atoms with E-state index < -0.39 is 6.04 Å². The molecule has 2 N–H and O–H groups in total. The highest BCUT2D eigenvalue weighted by Crippen LogP contribution is 2.40. The van der Waals surface area contributed by atoms with Crippen LogP contribution < -0.4 is 19.5 Å². The molecule has 1 atom stereocenters. The highest BCUT2D eigenvalue weighted by atomic mass is 19.1. The molecular formula is C27H26FN3O4. The maximum atomic E-state index is 13.8. The number of halogens is 1. The standard InChI is InChI=1S/C27H26FN3O4/c1-33-18-8-10-22-21(14-18)20-12-13-31(26(25(20)29-22)16-4-6-17(28)7-5-16)27(32)30-23-11-9-19(34-2)15-24(23)35-3/h4-11,14-15,26,29H,12-13H2,1-3H3,(H,30,32)/t26-/m0/s1. The van der Waals surface area contributed by atoms with Crippen molar-refractivity contribution in [1.29, 1.82) is 0 Å². The number of urea groups is 1. The smallest absolute Gasteiger partial charge is 0.322 e. The molecule has 0 aliphatic carbocycles. The molecule has 1 aliphatic rings. The number of hydrogen-bond donors (Lipinski definition) is 2. The van der Waals surface area contributed by atoms with Crippen molar-refractivity contribution in [3.8, 4) is 17.2 Å². The summed E-state index contributed by atoms with van der Waals surface area (Å²) in [6, 6.07) is 16.6. The fourth-order valence-electron chi connectivity index (χ4n) is 4.69. The van der Waals surface area contributed by atoms with Gasteiger partial charge in [0.15, 0.2) is 0 Å². The van der Waals surface area contributed by atoms with Crippen LogP contribution in [0.25, 0.3) is 10.9 Å². The number of carbonyl (C=O) groups is 1. The van der Waals surface area contributed by atoms with Gasteiger partial charge in [-0.25, -0.2) is 9.18 Å². The number of aromatic amines is 1. The summed E-state index contributed by atoms with van der Waals surface area (Å²) in [5.41, 5.74) is 4.33. The van der Waals surface area contributed by atoms with E-state index >= 15 is 0 Å². The molecule has 180 valence electrons. The number of amides is 2. The van der Waals surface area contributed by atoms with Crippen LogP contribution >= 0.6 is 0 Å². The predicted molar refractivity (Wildman–Crippen MR) is 132 cm³/mol. The second-order valence-corrected chi connectivity index (χ2v) is 8.32. The lowest BCUT2D eigenvalue weighted by molar-refractivity contribution is 0.193. The van der Waals surface area contributed by atoms with Crippen molar-refractivity contribution >= 4 is 22.6 Å². The minimum absolute atomic E-state index is 0.287. The Morgan fingerprint density at radius 2 is 1.69 bits per heavy atom. The van der Waals surface area contributed by atoms with Crippen LogP contribution in [-0.4, -0.2) is 43.8 Å². The van der Waals surface area contributed by atoms with Crippen LogP contribution in [0.15, 0.2) is 60.7 Å². The van der Waals surface area contributed by atoms with Gasteiger partial charge in [-0.15, -0.1) is 0 Å². The number of ether oxygens (including phenoxy) is 3. The molecule has 0 saturated heterocycles. The minimum atomic E-state index is -0.429. The number of rotatable bonds is 5. The fourth-order valence-corrected chi connectivity index (χ4v) is 4.69. The first-order chi connectivity index (χ1) is 17.0. The van der Waals surface area contributed by atoms with Crippen LogP contribution in [0.3, 0.4) is 0 Å². The average Bonchev–Trinajstić information content (AvgIpc) is 3.26. The molecule has 7 nitrogen and oxygen atoms in total. The molecule has 5 rings (SSSR count). The van der Waals surface area contributed by atoms with E-state index in [1.807, 2.05) is 18.2 Å². The summed E-state index contributed by atoms with van der Waals surface area (Å²) in [6.07, 6.45) is 0.660. The summed E-state index contributed by atoms with van der Waals surface area (Å²) >= 11 is 0. The Kier molecular flexibility index (Phi) is 5.94. The van der Waals surface area contributed by atoms with Gasteiger partial charge in [0.2, 0.25) is 0 Å². The van der Waals surface area contributed by atoms with Crippen LogP contribution in [-0.2, 0) is 6.42 Å². The van der Waals surface area contributed by atoms with Crippen molar-refractivity contribution in [2.45, 2.75) is 12.5 Å². The number of methoxy groups -OCH3 is 3. The van der Waals surface area contributed by atoms with Gasteiger partial charge in [0.25, 0.3) is 0 Å². The minimum Gasteiger partial charge on any atom is -0.497 e. The lowest BCUT2D eigenvalue weighted by Gasteiger charge is -2.36. The Morgan fingerprint density at radius 1 is 0.971 bits per heavy atom. The van der Waals surface area contributed by atoms with Gasteiger partial charge in [0.1, 0.15) is 23.1 Å². The second kappa shape index (κ2) is 9.21. The number of benzene rings is 3.